The molecule has 26 heteroatoms. The predicted octanol–water partition coefficient (Wildman–Crippen LogP) is 3.22. The van der Waals surface area contributed by atoms with Crippen LogP contribution in [0.2, 0.25) is 0 Å². The molecular formula is C66H78FN9O16. The average molecular weight is 1270 g/mol. The number of aryl methyl sites for hydroxylation is 1. The van der Waals surface area contributed by atoms with Crippen LogP contribution in [-0.4, -0.2) is 134 Å². The number of hydrogen-bond acceptors (Lipinski definition) is 17. The number of hydrogen-bond donors (Lipinski definition) is 8. The number of halogens is 1. The topological polar surface area (TPSA) is 379 Å². The number of unbranched alkanes of at least 4 members (excludes halogenated alkanes) is 3. The number of carbonyl (C=O) groups is 12. The third-order valence-corrected chi connectivity index (χ3v) is 17.4. The van der Waals surface area contributed by atoms with Gasteiger partial charge in [0.1, 0.15) is 12.4 Å². The summed E-state index contributed by atoms with van der Waals surface area (Å²) in [5, 5.41) is 35.3. The zero-order valence-electron chi connectivity index (χ0n) is 51.6. The summed E-state index contributed by atoms with van der Waals surface area (Å²) in [6.07, 6.45) is 3.26. The number of benzene rings is 2. The number of nitrogens with two attached hydrogens (primary N) is 1. The first-order valence-corrected chi connectivity index (χ1v) is 31.3. The van der Waals surface area contributed by atoms with Crippen LogP contribution in [0.1, 0.15) is 161 Å². The number of nitrogens with zero attached hydrogens (tertiary/aromatic N) is 3. The number of aromatic nitrogens is 2. The van der Waals surface area contributed by atoms with Crippen LogP contribution in [0.25, 0.3) is 22.3 Å². The summed E-state index contributed by atoms with van der Waals surface area (Å²) in [5.41, 5.74) is 7.62. The minimum Gasteiger partial charge on any atom is -0.481 e. The van der Waals surface area contributed by atoms with Gasteiger partial charge < -0.3 is 51.8 Å². The second kappa shape index (κ2) is 31.2. The summed E-state index contributed by atoms with van der Waals surface area (Å²) in [7, 11) is 0. The summed E-state index contributed by atoms with van der Waals surface area (Å²) in [4.78, 5) is 175. The highest BCUT2D eigenvalue weighted by Gasteiger charge is 2.46. The van der Waals surface area contributed by atoms with Crippen molar-refractivity contribution in [1.29, 1.82) is 0 Å². The fourth-order valence-electron chi connectivity index (χ4n) is 12.3. The van der Waals surface area contributed by atoms with Crippen LogP contribution in [0.5, 0.6) is 0 Å². The molecule has 9 N–H and O–H groups in total. The van der Waals surface area contributed by atoms with Gasteiger partial charge in [-0.05, 0) is 106 Å². The molecule has 0 radical (unpaired) electrons. The summed E-state index contributed by atoms with van der Waals surface area (Å²) in [6.45, 7) is 3.00. The molecule has 92 heavy (non-hydrogen) atoms. The number of cyclic esters (lactones) is 1. The molecule has 5 heterocycles. The monoisotopic (exact) mass is 1270 g/mol. The lowest BCUT2D eigenvalue weighted by Gasteiger charge is -2.31. The predicted molar refractivity (Wildman–Crippen MR) is 329 cm³/mol. The summed E-state index contributed by atoms with van der Waals surface area (Å²) in [6, 6.07) is 8.94. The number of pyridine rings is 2. The first-order chi connectivity index (χ1) is 44.0. The third-order valence-electron chi connectivity index (χ3n) is 17.4. The Kier molecular flexibility index (Phi) is 23.3. The van der Waals surface area contributed by atoms with E-state index in [1.54, 1.807) is 50.2 Å². The molecule has 490 valence electrons. The number of rotatable bonds is 35. The quantitative estimate of drug-likeness (QED) is 0.0164. The van der Waals surface area contributed by atoms with E-state index < -0.39 is 132 Å². The minimum atomic E-state index is -2.06. The molecule has 5 atom stereocenters. The van der Waals surface area contributed by atoms with Crippen molar-refractivity contribution in [1.82, 2.24) is 41.0 Å². The molecule has 2 aromatic carbocycles. The van der Waals surface area contributed by atoms with Gasteiger partial charge in [-0.2, -0.15) is 0 Å². The van der Waals surface area contributed by atoms with Crippen LogP contribution in [0.15, 0.2) is 59.4 Å². The second-order valence-electron chi connectivity index (χ2n) is 23.8. The zero-order chi connectivity index (χ0) is 66.4. The maximum Gasteiger partial charge on any atom is 0.343 e. The molecule has 0 spiro atoms. The molecule has 0 bridgehead atoms. The number of aliphatic hydroxyl groups is 1. The molecule has 4 aromatic rings. The molecule has 0 saturated carbocycles. The van der Waals surface area contributed by atoms with E-state index in [1.165, 1.54) is 22.8 Å². The fourth-order valence-corrected chi connectivity index (χ4v) is 12.3. The van der Waals surface area contributed by atoms with E-state index in [9.17, 15) is 72.5 Å². The SMILES string of the molecule is CC[C@@]1(O)C(=O)OCc2c1cc1n(c2=O)Cc2c-1nc1cc(F)c(C)c3c1c2[C@@H](NC(=O)CCCNC(=O)CCC(=O)[C@H](Cc1ccccc1)NC(=O)CCC(=O)CNC(=O)[C@H](CC(=O)O)CC(=O)[C@H](CCCCN)NC(=O)CCCCCN1C(=O)C=CC1=O)CC3. The van der Waals surface area contributed by atoms with Crippen molar-refractivity contribution in [2.24, 2.45) is 11.7 Å². The van der Waals surface area contributed by atoms with E-state index in [4.69, 9.17) is 15.5 Å². The van der Waals surface area contributed by atoms with Gasteiger partial charge >= 0.3 is 11.9 Å². The molecule has 3 aliphatic heterocycles. The first kappa shape index (κ1) is 68.7. The largest absolute Gasteiger partial charge is 0.481 e. The molecule has 0 unspecified atom stereocenters. The van der Waals surface area contributed by atoms with Crippen molar-refractivity contribution < 1.29 is 76.9 Å². The van der Waals surface area contributed by atoms with E-state index in [-0.39, 0.29) is 101 Å². The number of ketones is 3. The van der Waals surface area contributed by atoms with Gasteiger partial charge in [0.05, 0.1) is 66.0 Å². The Morgan fingerprint density at radius 1 is 0.783 bits per heavy atom. The van der Waals surface area contributed by atoms with Crippen LogP contribution in [0, 0.1) is 18.7 Å². The lowest BCUT2D eigenvalue weighted by Crippen LogP contribution is -2.44. The van der Waals surface area contributed by atoms with Crippen LogP contribution in [-0.2, 0) is 93.9 Å². The molecule has 7 amide bonds. The molecule has 1 aliphatic carbocycles. The van der Waals surface area contributed by atoms with Gasteiger partial charge in [0.2, 0.25) is 29.5 Å². The molecule has 4 aliphatic rings. The fraction of sp³-hybridized carbons (Fsp3) is 0.485. The van der Waals surface area contributed by atoms with E-state index in [1.807, 2.05) is 0 Å². The Labute approximate surface area is 529 Å². The van der Waals surface area contributed by atoms with Crippen molar-refractivity contribution >= 4 is 81.5 Å². The number of aliphatic carboxylic acids is 1. The maximum atomic E-state index is 15.5. The average Bonchev–Trinajstić information content (AvgIpc) is 1.48. The molecule has 0 saturated heterocycles. The number of carboxylic acid groups (broad SMARTS) is 1. The Hall–Kier alpha value is -9.17. The standard InChI is InChI=1S/C66H78FN9O16/c1-3-66(91)44-32-50-62-42(35-76(50)64(89)43(44)36-92-65(66)90)61-47(20-19-41-37(2)45(67)33-49(74-62)60(41)61)72-55(82)17-12-27-69-53(80)23-21-51(78)48(29-38-13-6-4-7-14-38)73-56(83)22-18-40(77)34-70-63(88)39(31-59(86)87)30-52(79)46(15-9-10-26-68)71-54(81)16-8-5-11-28-75-57(84)24-25-58(75)85/h4,6-7,13-14,24-25,32-33,39,46-48,91H,3,5,8-12,15-23,26-31,34-36,68H2,1-2H3,(H,69,80)(H,70,88)(H,71,81)(H,72,82)(H,73,83)(H,86,87)/t39-,46-,47-,48-,66-/m0/s1. The molecule has 2 aromatic heterocycles. The number of amides is 7. The normalized spacial score (nSPS) is 17.0. The number of carbonyl (C=O) groups excluding carboxylic acids is 11. The van der Waals surface area contributed by atoms with E-state index in [0.29, 0.717) is 96.0 Å². The third kappa shape index (κ3) is 16.7. The second-order valence-corrected chi connectivity index (χ2v) is 23.8. The highest BCUT2D eigenvalue weighted by Crippen LogP contribution is 2.46. The summed E-state index contributed by atoms with van der Waals surface area (Å²) in [5.74, 6) is -9.52. The van der Waals surface area contributed by atoms with Gasteiger partial charge in [0.15, 0.2) is 23.0 Å². The van der Waals surface area contributed by atoms with Gasteiger partial charge in [0, 0.05) is 92.8 Å². The molecule has 8 rings (SSSR count). The molecular weight excluding hydrogens is 1190 g/mol. The Balaban J connectivity index is 0.793. The minimum absolute atomic E-state index is 0.0111. The van der Waals surface area contributed by atoms with Crippen LogP contribution in [0.4, 0.5) is 4.39 Å². The maximum absolute atomic E-state index is 15.5. The lowest BCUT2D eigenvalue weighted by atomic mass is 9.81. The first-order valence-electron chi connectivity index (χ1n) is 31.3. The van der Waals surface area contributed by atoms with Gasteiger partial charge in [-0.1, -0.05) is 43.7 Å². The van der Waals surface area contributed by atoms with Crippen LogP contribution < -0.4 is 37.9 Å². The van der Waals surface area contributed by atoms with Gasteiger partial charge in [-0.3, -0.25) is 62.4 Å². The van der Waals surface area contributed by atoms with Crippen molar-refractivity contribution in [2.45, 2.75) is 173 Å². The van der Waals surface area contributed by atoms with Crippen LogP contribution >= 0.6 is 0 Å². The zero-order valence-corrected chi connectivity index (χ0v) is 51.6. The summed E-state index contributed by atoms with van der Waals surface area (Å²) < 4.78 is 22.2. The number of carboxylic acids is 1. The number of esters is 1. The van der Waals surface area contributed by atoms with E-state index in [0.717, 1.165) is 10.5 Å². The highest BCUT2D eigenvalue weighted by molar-refractivity contribution is 6.13. The Bertz CT molecular complexity index is 3660. The lowest BCUT2D eigenvalue weighted by molar-refractivity contribution is -0.172. The van der Waals surface area contributed by atoms with Crippen LogP contribution in [0.3, 0.4) is 0 Å². The number of Topliss-reactive ketones (excluding diaryl/α,β-unsaturated/α-hetero) is 3. The Morgan fingerprint density at radius 2 is 1.49 bits per heavy atom. The van der Waals surface area contributed by atoms with Crippen molar-refractivity contribution in [3.05, 3.63) is 110 Å². The van der Waals surface area contributed by atoms with E-state index >= 15 is 4.39 Å². The number of fused-ring (bicyclic) bond motifs is 5. The number of ether oxygens (including phenoxy) is 1. The number of imide groups is 1. The highest BCUT2D eigenvalue weighted by atomic mass is 19.1. The van der Waals surface area contributed by atoms with E-state index in [2.05, 4.69) is 26.6 Å². The number of nitrogens with one attached hydrogen (secondary N) is 5. The van der Waals surface area contributed by atoms with Crippen molar-refractivity contribution in [3.63, 3.8) is 0 Å². The van der Waals surface area contributed by atoms with Crippen molar-refractivity contribution in [2.75, 3.05) is 26.2 Å². The van der Waals surface area contributed by atoms with Gasteiger partial charge in [0.25, 0.3) is 17.4 Å². The van der Waals surface area contributed by atoms with Gasteiger partial charge in [-0.25, -0.2) is 14.2 Å². The Morgan fingerprint density at radius 3 is 2.21 bits per heavy atom. The smallest absolute Gasteiger partial charge is 0.343 e. The molecule has 25 nitrogen and oxygen atoms in total. The van der Waals surface area contributed by atoms with Gasteiger partial charge in [-0.15, -0.1) is 0 Å². The van der Waals surface area contributed by atoms with Crippen molar-refractivity contribution in [3.8, 4) is 11.4 Å². The molecule has 0 fully saturated rings. The summed E-state index contributed by atoms with van der Waals surface area (Å²) >= 11 is 0.